The maximum absolute atomic E-state index is 12.5. The van der Waals surface area contributed by atoms with Gasteiger partial charge in [-0.05, 0) is 36.5 Å². The first kappa shape index (κ1) is 14.5. The highest BCUT2D eigenvalue weighted by atomic mass is 32.2. The van der Waals surface area contributed by atoms with Gasteiger partial charge in [-0.15, -0.1) is 11.3 Å². The molecule has 0 saturated carbocycles. The highest BCUT2D eigenvalue weighted by Crippen LogP contribution is 2.39. The smallest absolute Gasteiger partial charge is 0.263 e. The molecule has 0 radical (unpaired) electrons. The Morgan fingerprint density at radius 1 is 1.38 bits per heavy atom. The van der Waals surface area contributed by atoms with Gasteiger partial charge in [0, 0.05) is 10.7 Å². The Balaban J connectivity index is 1.89. The van der Waals surface area contributed by atoms with Gasteiger partial charge in [0.05, 0.1) is 18.2 Å². The molecule has 0 aliphatic carbocycles. The summed E-state index contributed by atoms with van der Waals surface area (Å²) in [4.78, 5) is 13.1. The Hall–Kier alpha value is -1.40. The third kappa shape index (κ3) is 2.82. The first-order valence-corrected chi connectivity index (χ1v) is 8.91. The lowest BCUT2D eigenvalue weighted by Gasteiger charge is -2.22. The van der Waals surface area contributed by atoms with Gasteiger partial charge in [-0.2, -0.15) is 11.8 Å². The van der Waals surface area contributed by atoms with Crippen molar-refractivity contribution in [2.24, 2.45) is 0 Å². The van der Waals surface area contributed by atoms with E-state index in [0.29, 0.717) is 10.6 Å². The summed E-state index contributed by atoms with van der Waals surface area (Å²) in [6, 6.07) is 6.01. The Labute approximate surface area is 132 Å². The first-order chi connectivity index (χ1) is 10.2. The molecule has 0 bridgehead atoms. The van der Waals surface area contributed by atoms with Crippen LogP contribution in [0.2, 0.25) is 0 Å². The van der Waals surface area contributed by atoms with E-state index in [9.17, 15) is 4.79 Å². The third-order valence-electron chi connectivity index (χ3n) is 3.70. The van der Waals surface area contributed by atoms with Crippen molar-refractivity contribution in [3.8, 4) is 5.75 Å². The summed E-state index contributed by atoms with van der Waals surface area (Å²) in [6.07, 6.45) is 2.06. The molecule has 4 nitrogen and oxygen atoms in total. The number of fused-ring (bicyclic) bond motifs is 1. The van der Waals surface area contributed by atoms with Gasteiger partial charge in [0.25, 0.3) is 5.91 Å². The number of thiophene rings is 1. The zero-order chi connectivity index (χ0) is 14.8. The van der Waals surface area contributed by atoms with Crippen molar-refractivity contribution < 1.29 is 9.53 Å². The molecule has 1 aliphatic rings. The predicted molar refractivity (Wildman–Crippen MR) is 90.6 cm³/mol. The second-order valence-electron chi connectivity index (χ2n) is 5.04. The first-order valence-electron chi connectivity index (χ1n) is 6.94. The molecule has 1 amide bonds. The van der Waals surface area contributed by atoms with E-state index in [1.54, 1.807) is 7.11 Å². The largest absolute Gasteiger partial charge is 0.496 e. The van der Waals surface area contributed by atoms with E-state index in [-0.39, 0.29) is 11.9 Å². The van der Waals surface area contributed by atoms with Crippen LogP contribution in [0.5, 0.6) is 5.75 Å². The number of amides is 1. The Morgan fingerprint density at radius 3 is 2.86 bits per heavy atom. The molecule has 0 unspecified atom stereocenters. The number of carbonyl (C=O) groups excluding carboxylic acids is 1. The van der Waals surface area contributed by atoms with Crippen molar-refractivity contribution in [1.82, 2.24) is 5.32 Å². The summed E-state index contributed by atoms with van der Waals surface area (Å²) < 4.78 is 6.33. The molecule has 1 aliphatic heterocycles. The van der Waals surface area contributed by atoms with E-state index in [1.807, 2.05) is 30.0 Å². The van der Waals surface area contributed by atoms with Gasteiger partial charge in [-0.1, -0.05) is 6.07 Å². The molecule has 112 valence electrons. The molecule has 6 heteroatoms. The Kier molecular flexibility index (Phi) is 4.26. The normalized spacial score (nSPS) is 16.0. The lowest BCUT2D eigenvalue weighted by atomic mass is 10.1. The molecule has 1 fully saturated rings. The van der Waals surface area contributed by atoms with E-state index in [2.05, 4.69) is 5.32 Å². The zero-order valence-corrected chi connectivity index (χ0v) is 13.5. The highest BCUT2D eigenvalue weighted by molar-refractivity contribution is 7.99. The van der Waals surface area contributed by atoms with Crippen molar-refractivity contribution in [1.29, 1.82) is 0 Å². The fraction of sp³-hybridized carbons (Fsp3) is 0.400. The Morgan fingerprint density at radius 2 is 2.14 bits per heavy atom. The van der Waals surface area contributed by atoms with Crippen LogP contribution >= 0.6 is 23.1 Å². The molecule has 0 spiro atoms. The Bertz CT molecular complexity index is 663. The number of hydrogen-bond acceptors (Lipinski definition) is 5. The molecule has 1 aromatic carbocycles. The van der Waals surface area contributed by atoms with Crippen LogP contribution in [0.4, 0.5) is 5.69 Å². The minimum absolute atomic E-state index is 0.0624. The lowest BCUT2D eigenvalue weighted by molar-refractivity contribution is 0.0940. The molecular formula is C15H18N2O2S2. The molecule has 2 heterocycles. The van der Waals surface area contributed by atoms with Crippen molar-refractivity contribution in [3.63, 3.8) is 0 Å². The molecule has 3 N–H and O–H groups in total. The number of nitrogen functional groups attached to an aromatic ring is 1. The van der Waals surface area contributed by atoms with E-state index in [1.165, 1.54) is 11.3 Å². The van der Waals surface area contributed by atoms with Crippen LogP contribution in [0.25, 0.3) is 10.1 Å². The lowest BCUT2D eigenvalue weighted by Crippen LogP contribution is -2.37. The molecule has 0 atom stereocenters. The van der Waals surface area contributed by atoms with E-state index < -0.39 is 0 Å². The van der Waals surface area contributed by atoms with Crippen LogP contribution in [0.15, 0.2) is 18.2 Å². The van der Waals surface area contributed by atoms with Crippen molar-refractivity contribution in [2.75, 3.05) is 24.3 Å². The topological polar surface area (TPSA) is 64.3 Å². The number of hydrogen-bond donors (Lipinski definition) is 2. The van der Waals surface area contributed by atoms with Crippen LogP contribution < -0.4 is 15.8 Å². The highest BCUT2D eigenvalue weighted by Gasteiger charge is 2.22. The van der Waals surface area contributed by atoms with Crippen LogP contribution in [0.1, 0.15) is 22.5 Å². The minimum atomic E-state index is -0.0624. The average molecular weight is 322 g/mol. The standard InChI is InChI=1S/C15H18N2O2S2/c1-19-10-3-2-4-11-12(10)13(16)14(21-11)15(18)17-9-5-7-20-8-6-9/h2-4,9H,5-8,16H2,1H3,(H,17,18). The molecular weight excluding hydrogens is 304 g/mol. The molecule has 1 saturated heterocycles. The number of nitrogens with two attached hydrogens (primary N) is 1. The summed E-state index contributed by atoms with van der Waals surface area (Å²) in [7, 11) is 1.62. The number of ether oxygens (including phenoxy) is 1. The minimum Gasteiger partial charge on any atom is -0.496 e. The molecule has 2 aromatic rings. The second kappa shape index (κ2) is 6.15. The SMILES string of the molecule is COc1cccc2sc(C(=O)NC3CCSCC3)c(N)c12. The third-order valence-corrected chi connectivity index (χ3v) is 5.91. The van der Waals surface area contributed by atoms with Crippen molar-refractivity contribution >= 4 is 44.8 Å². The summed E-state index contributed by atoms with van der Waals surface area (Å²) in [6.45, 7) is 0. The van der Waals surface area contributed by atoms with E-state index in [0.717, 1.165) is 40.2 Å². The van der Waals surface area contributed by atoms with Crippen molar-refractivity contribution in [2.45, 2.75) is 18.9 Å². The van der Waals surface area contributed by atoms with Gasteiger partial charge in [0.15, 0.2) is 0 Å². The quantitative estimate of drug-likeness (QED) is 0.911. The number of anilines is 1. The van der Waals surface area contributed by atoms with Gasteiger partial charge in [0.2, 0.25) is 0 Å². The van der Waals surface area contributed by atoms with E-state index in [4.69, 9.17) is 10.5 Å². The molecule has 1 aromatic heterocycles. The van der Waals surface area contributed by atoms with Gasteiger partial charge in [-0.3, -0.25) is 4.79 Å². The van der Waals surface area contributed by atoms with Crippen LogP contribution in [-0.2, 0) is 0 Å². The summed E-state index contributed by atoms with van der Waals surface area (Å²) in [5.74, 6) is 2.88. The fourth-order valence-corrected chi connectivity index (χ4v) is 4.72. The number of thioether (sulfide) groups is 1. The van der Waals surface area contributed by atoms with Crippen molar-refractivity contribution in [3.05, 3.63) is 23.1 Å². The fourth-order valence-electron chi connectivity index (χ4n) is 2.57. The summed E-state index contributed by atoms with van der Waals surface area (Å²) >= 11 is 3.37. The number of rotatable bonds is 3. The van der Waals surface area contributed by atoms with Gasteiger partial charge < -0.3 is 15.8 Å². The maximum Gasteiger partial charge on any atom is 0.263 e. The zero-order valence-electron chi connectivity index (χ0n) is 11.8. The maximum atomic E-state index is 12.5. The monoisotopic (exact) mass is 322 g/mol. The van der Waals surface area contributed by atoms with Crippen LogP contribution in [-0.4, -0.2) is 30.6 Å². The number of nitrogens with one attached hydrogen (secondary N) is 1. The second-order valence-corrected chi connectivity index (χ2v) is 7.32. The number of benzene rings is 1. The average Bonchev–Trinajstić information content (AvgIpc) is 2.86. The number of carbonyl (C=O) groups is 1. The summed E-state index contributed by atoms with van der Waals surface area (Å²) in [5.41, 5.74) is 6.71. The summed E-state index contributed by atoms with van der Waals surface area (Å²) in [5, 5.41) is 3.95. The van der Waals surface area contributed by atoms with E-state index >= 15 is 0 Å². The molecule has 3 rings (SSSR count). The van der Waals surface area contributed by atoms with Gasteiger partial charge >= 0.3 is 0 Å². The van der Waals surface area contributed by atoms with Crippen LogP contribution in [0.3, 0.4) is 0 Å². The van der Waals surface area contributed by atoms with Gasteiger partial charge in [0.1, 0.15) is 10.6 Å². The number of methoxy groups -OCH3 is 1. The predicted octanol–water partition coefficient (Wildman–Crippen LogP) is 3.12. The van der Waals surface area contributed by atoms with Gasteiger partial charge in [-0.25, -0.2) is 0 Å². The van der Waals surface area contributed by atoms with Crippen LogP contribution in [0, 0.1) is 0 Å². The molecule has 21 heavy (non-hydrogen) atoms.